The molecule has 0 N–H and O–H groups in total. The predicted octanol–water partition coefficient (Wildman–Crippen LogP) is 2.71. The van der Waals surface area contributed by atoms with Crippen molar-refractivity contribution < 1.29 is 13.9 Å². The average molecular weight is 258 g/mol. The maximum atomic E-state index is 11.5. The Morgan fingerprint density at radius 3 is 2.79 bits per heavy atom. The van der Waals surface area contributed by atoms with Gasteiger partial charge in [-0.05, 0) is 43.5 Å². The van der Waals surface area contributed by atoms with Crippen molar-refractivity contribution in [1.29, 1.82) is 0 Å². The minimum atomic E-state index is -0.340. The molecule has 1 saturated carbocycles. The Balaban J connectivity index is 1.92. The van der Waals surface area contributed by atoms with E-state index in [9.17, 15) is 4.79 Å². The van der Waals surface area contributed by atoms with Gasteiger partial charge in [0.15, 0.2) is 0 Å². The van der Waals surface area contributed by atoms with Gasteiger partial charge in [-0.1, -0.05) is 0 Å². The number of benzene rings is 1. The monoisotopic (exact) mass is 258 g/mol. The molecule has 0 radical (unpaired) electrons. The van der Waals surface area contributed by atoms with E-state index in [-0.39, 0.29) is 5.97 Å². The molecule has 0 amide bonds. The molecule has 98 valence electrons. The fourth-order valence-electron chi connectivity index (χ4n) is 1.98. The lowest BCUT2D eigenvalue weighted by Crippen LogP contribution is -2.03. The Labute approximate surface area is 110 Å². The quantitative estimate of drug-likeness (QED) is 0.792. The van der Waals surface area contributed by atoms with Gasteiger partial charge >= 0.3 is 5.97 Å². The van der Waals surface area contributed by atoms with Crippen molar-refractivity contribution in [2.24, 2.45) is 0 Å². The van der Waals surface area contributed by atoms with E-state index in [1.807, 2.05) is 13.0 Å². The van der Waals surface area contributed by atoms with Crippen LogP contribution in [-0.4, -0.2) is 23.3 Å². The average Bonchev–Trinajstić information content (AvgIpc) is 3.15. The fraction of sp³-hybridized carbons (Fsp3) is 0.357. The van der Waals surface area contributed by atoms with Gasteiger partial charge in [0, 0.05) is 11.5 Å². The van der Waals surface area contributed by atoms with Crippen LogP contribution in [0.15, 0.2) is 22.6 Å². The van der Waals surface area contributed by atoms with Crippen molar-refractivity contribution in [3.8, 4) is 11.5 Å². The van der Waals surface area contributed by atoms with Crippen LogP contribution in [0.4, 0.5) is 0 Å². The van der Waals surface area contributed by atoms with Gasteiger partial charge < -0.3 is 9.15 Å². The summed E-state index contributed by atoms with van der Waals surface area (Å²) in [7, 11) is 1.37. The second kappa shape index (κ2) is 4.50. The smallest absolute Gasteiger partial charge is 0.338 e. The predicted molar refractivity (Wildman–Crippen MR) is 67.8 cm³/mol. The molecule has 0 aliphatic heterocycles. The first-order valence-electron chi connectivity index (χ1n) is 6.22. The van der Waals surface area contributed by atoms with Crippen LogP contribution in [0.1, 0.15) is 40.6 Å². The number of hydrogen-bond donors (Lipinski definition) is 0. The standard InChI is InChI=1S/C14H14N2O3/c1-8-7-10(5-6-11(8)14(17)18-2)13-16-15-12(19-13)9-3-4-9/h5-7,9H,3-4H2,1-2H3. The number of rotatable bonds is 3. The van der Waals surface area contributed by atoms with Gasteiger partial charge in [0.1, 0.15) is 0 Å². The summed E-state index contributed by atoms with van der Waals surface area (Å²) in [6.07, 6.45) is 2.25. The van der Waals surface area contributed by atoms with Crippen LogP contribution in [0.2, 0.25) is 0 Å². The first kappa shape index (κ1) is 11.9. The molecule has 0 atom stereocenters. The topological polar surface area (TPSA) is 65.2 Å². The number of carbonyl (C=O) groups excluding carboxylic acids is 1. The number of ether oxygens (including phenoxy) is 1. The van der Waals surface area contributed by atoms with Gasteiger partial charge in [0.2, 0.25) is 11.8 Å². The second-order valence-corrected chi connectivity index (χ2v) is 4.74. The van der Waals surface area contributed by atoms with E-state index in [0.29, 0.717) is 23.3 Å². The first-order valence-corrected chi connectivity index (χ1v) is 6.22. The highest BCUT2D eigenvalue weighted by Crippen LogP contribution is 2.40. The molecule has 0 unspecified atom stereocenters. The van der Waals surface area contributed by atoms with Crippen LogP contribution in [0.25, 0.3) is 11.5 Å². The van der Waals surface area contributed by atoms with Gasteiger partial charge in [-0.15, -0.1) is 10.2 Å². The van der Waals surface area contributed by atoms with Gasteiger partial charge in [0.25, 0.3) is 0 Å². The highest BCUT2D eigenvalue weighted by molar-refractivity contribution is 5.91. The number of esters is 1. The third-order valence-electron chi connectivity index (χ3n) is 3.25. The molecule has 1 fully saturated rings. The molecule has 1 aliphatic rings. The molecule has 0 bridgehead atoms. The highest BCUT2D eigenvalue weighted by atomic mass is 16.5. The second-order valence-electron chi connectivity index (χ2n) is 4.74. The minimum Gasteiger partial charge on any atom is -0.465 e. The molecule has 1 aromatic heterocycles. The molecule has 3 rings (SSSR count). The van der Waals surface area contributed by atoms with Crippen molar-refractivity contribution in [3.05, 3.63) is 35.2 Å². The van der Waals surface area contributed by atoms with Crippen molar-refractivity contribution in [1.82, 2.24) is 10.2 Å². The van der Waals surface area contributed by atoms with E-state index in [1.165, 1.54) is 7.11 Å². The maximum absolute atomic E-state index is 11.5. The lowest BCUT2D eigenvalue weighted by molar-refractivity contribution is 0.0600. The van der Waals surface area contributed by atoms with Crippen LogP contribution in [0, 0.1) is 6.92 Å². The van der Waals surface area contributed by atoms with Crippen LogP contribution < -0.4 is 0 Å². The van der Waals surface area contributed by atoms with E-state index in [2.05, 4.69) is 10.2 Å². The number of aryl methyl sites for hydroxylation is 1. The Morgan fingerprint density at radius 1 is 1.37 bits per heavy atom. The summed E-state index contributed by atoms with van der Waals surface area (Å²) in [6.45, 7) is 1.86. The normalized spacial score (nSPS) is 14.4. The Bertz CT molecular complexity index is 629. The number of methoxy groups -OCH3 is 1. The zero-order chi connectivity index (χ0) is 13.4. The molecule has 1 heterocycles. The molecule has 5 nitrogen and oxygen atoms in total. The van der Waals surface area contributed by atoms with E-state index in [0.717, 1.165) is 24.0 Å². The molecular formula is C14H14N2O3. The van der Waals surface area contributed by atoms with Crippen LogP contribution in [0.3, 0.4) is 0 Å². The first-order chi connectivity index (χ1) is 9.19. The Hall–Kier alpha value is -2.17. The van der Waals surface area contributed by atoms with E-state index < -0.39 is 0 Å². The van der Waals surface area contributed by atoms with Gasteiger partial charge in [0.05, 0.1) is 12.7 Å². The van der Waals surface area contributed by atoms with Crippen LogP contribution in [0.5, 0.6) is 0 Å². The lowest BCUT2D eigenvalue weighted by atomic mass is 10.1. The van der Waals surface area contributed by atoms with E-state index >= 15 is 0 Å². The summed E-state index contributed by atoms with van der Waals surface area (Å²) >= 11 is 0. The molecular weight excluding hydrogens is 244 g/mol. The summed E-state index contributed by atoms with van der Waals surface area (Å²) in [5, 5.41) is 8.10. The summed E-state index contributed by atoms with van der Waals surface area (Å²) in [5.74, 6) is 1.32. The number of nitrogens with zero attached hydrogens (tertiary/aromatic N) is 2. The molecule has 19 heavy (non-hydrogen) atoms. The van der Waals surface area contributed by atoms with Crippen molar-refractivity contribution in [3.63, 3.8) is 0 Å². The van der Waals surface area contributed by atoms with Gasteiger partial charge in [-0.25, -0.2) is 4.79 Å². The largest absolute Gasteiger partial charge is 0.465 e. The molecule has 5 heteroatoms. The summed E-state index contributed by atoms with van der Waals surface area (Å²) in [5.41, 5.74) is 2.20. The SMILES string of the molecule is COC(=O)c1ccc(-c2nnc(C3CC3)o2)cc1C. The summed E-state index contributed by atoms with van der Waals surface area (Å²) in [6, 6.07) is 5.37. The van der Waals surface area contributed by atoms with Crippen molar-refractivity contribution >= 4 is 5.97 Å². The van der Waals surface area contributed by atoms with Crippen molar-refractivity contribution in [2.75, 3.05) is 7.11 Å². The van der Waals surface area contributed by atoms with E-state index in [4.69, 9.17) is 9.15 Å². The molecule has 1 aromatic carbocycles. The molecule has 0 saturated heterocycles. The number of aromatic nitrogens is 2. The third kappa shape index (κ3) is 2.23. The highest BCUT2D eigenvalue weighted by Gasteiger charge is 2.29. The van der Waals surface area contributed by atoms with Gasteiger partial charge in [-0.2, -0.15) is 0 Å². The third-order valence-corrected chi connectivity index (χ3v) is 3.25. The zero-order valence-corrected chi connectivity index (χ0v) is 10.8. The molecule has 2 aromatic rings. The molecule has 0 spiro atoms. The Morgan fingerprint density at radius 2 is 2.16 bits per heavy atom. The number of hydrogen-bond acceptors (Lipinski definition) is 5. The maximum Gasteiger partial charge on any atom is 0.338 e. The Kier molecular flexibility index (Phi) is 2.81. The lowest BCUT2D eigenvalue weighted by Gasteiger charge is -2.04. The fourth-order valence-corrected chi connectivity index (χ4v) is 1.98. The van der Waals surface area contributed by atoms with Crippen LogP contribution >= 0.6 is 0 Å². The molecule has 1 aliphatic carbocycles. The zero-order valence-electron chi connectivity index (χ0n) is 10.8. The minimum absolute atomic E-state index is 0.340. The van der Waals surface area contributed by atoms with E-state index in [1.54, 1.807) is 12.1 Å². The number of carbonyl (C=O) groups is 1. The summed E-state index contributed by atoms with van der Waals surface area (Å²) in [4.78, 5) is 11.5. The summed E-state index contributed by atoms with van der Waals surface area (Å²) < 4.78 is 10.4. The van der Waals surface area contributed by atoms with Gasteiger partial charge in [-0.3, -0.25) is 0 Å². The van der Waals surface area contributed by atoms with Crippen LogP contribution in [-0.2, 0) is 4.74 Å². The van der Waals surface area contributed by atoms with Crippen molar-refractivity contribution in [2.45, 2.75) is 25.7 Å².